The Kier molecular flexibility index (Phi) is 6.11. The Morgan fingerprint density at radius 1 is 1.03 bits per heavy atom. The first kappa shape index (κ1) is 20.6. The lowest BCUT2D eigenvalue weighted by Crippen LogP contribution is -2.34. The van der Waals surface area contributed by atoms with Gasteiger partial charge in [-0.2, -0.15) is 0 Å². The normalized spacial score (nSPS) is 14.2. The second kappa shape index (κ2) is 8.91. The van der Waals surface area contributed by atoms with Gasteiger partial charge in [0, 0.05) is 11.3 Å². The van der Waals surface area contributed by atoms with Crippen LogP contribution in [0.2, 0.25) is 0 Å². The summed E-state index contributed by atoms with van der Waals surface area (Å²) in [6.07, 6.45) is 1.60. The van der Waals surface area contributed by atoms with Gasteiger partial charge in [0.1, 0.15) is 24.6 Å². The molecule has 9 heteroatoms. The number of nitrogens with zero attached hydrogens (tertiary/aromatic N) is 2. The quantitative estimate of drug-likeness (QED) is 0.500. The molecule has 0 amide bonds. The lowest BCUT2D eigenvalue weighted by atomic mass is 10.0. The molecule has 0 saturated carbocycles. The van der Waals surface area contributed by atoms with E-state index in [0.29, 0.717) is 28.3 Å². The maximum absolute atomic E-state index is 12.1. The molecule has 0 unspecified atom stereocenters. The van der Waals surface area contributed by atoms with Crippen LogP contribution in [0.1, 0.15) is 11.1 Å². The molecule has 0 radical (unpaired) electrons. The average molecular weight is 410 g/mol. The zero-order valence-electron chi connectivity index (χ0n) is 15.9. The fourth-order valence-electron chi connectivity index (χ4n) is 2.88. The molecule has 9 nitrogen and oxygen atoms in total. The van der Waals surface area contributed by atoms with E-state index in [1.165, 1.54) is 4.90 Å². The van der Waals surface area contributed by atoms with Crippen molar-refractivity contribution in [1.29, 1.82) is 0 Å². The van der Waals surface area contributed by atoms with Crippen LogP contribution in [0.3, 0.4) is 0 Å². The van der Waals surface area contributed by atoms with Gasteiger partial charge in [0.15, 0.2) is 0 Å². The Balaban J connectivity index is 1.85. The van der Waals surface area contributed by atoms with E-state index < -0.39 is 31.0 Å². The third kappa shape index (κ3) is 4.82. The van der Waals surface area contributed by atoms with Gasteiger partial charge < -0.3 is 24.7 Å². The number of hydrogen-bond donors (Lipinski definition) is 2. The van der Waals surface area contributed by atoms with Crippen molar-refractivity contribution >= 4 is 35.4 Å². The van der Waals surface area contributed by atoms with Crippen LogP contribution in [-0.4, -0.2) is 54.0 Å². The van der Waals surface area contributed by atoms with Crippen LogP contribution in [-0.2, 0) is 19.2 Å². The molecule has 0 spiro atoms. The zero-order chi connectivity index (χ0) is 21.7. The number of carbonyl (C=O) groups is 3. The highest BCUT2D eigenvalue weighted by molar-refractivity contribution is 6.31. The van der Waals surface area contributed by atoms with Gasteiger partial charge in [0.05, 0.1) is 12.7 Å². The lowest BCUT2D eigenvalue weighted by molar-refractivity contribution is -0.137. The van der Waals surface area contributed by atoms with E-state index in [9.17, 15) is 14.4 Å². The summed E-state index contributed by atoms with van der Waals surface area (Å²) in [6, 6.07) is 13.5. The largest absolute Gasteiger partial charge is 0.497 e. The molecule has 2 N–H and O–H groups in total. The van der Waals surface area contributed by atoms with Crippen molar-refractivity contribution in [3.8, 4) is 5.75 Å². The summed E-state index contributed by atoms with van der Waals surface area (Å²) in [4.78, 5) is 40.2. The molecule has 2 aromatic rings. The fraction of sp³-hybridized carbons (Fsp3) is 0.143. The van der Waals surface area contributed by atoms with Gasteiger partial charge in [-0.1, -0.05) is 17.3 Å². The maximum atomic E-state index is 12.1. The number of aliphatic carboxylic acids is 2. The van der Waals surface area contributed by atoms with Gasteiger partial charge in [-0.05, 0) is 48.0 Å². The molecule has 30 heavy (non-hydrogen) atoms. The Labute approximate surface area is 171 Å². The third-order valence-corrected chi connectivity index (χ3v) is 4.28. The highest BCUT2D eigenvalue weighted by Crippen LogP contribution is 2.23. The smallest absolute Gasteiger partial charge is 0.368 e. The summed E-state index contributed by atoms with van der Waals surface area (Å²) in [7, 11) is 1.55. The van der Waals surface area contributed by atoms with Gasteiger partial charge >= 0.3 is 17.9 Å². The predicted octanol–water partition coefficient (Wildman–Crippen LogP) is 2.02. The minimum Gasteiger partial charge on any atom is -0.497 e. The van der Waals surface area contributed by atoms with Crippen molar-refractivity contribution in [2.24, 2.45) is 5.16 Å². The Morgan fingerprint density at radius 3 is 2.17 bits per heavy atom. The van der Waals surface area contributed by atoms with Crippen molar-refractivity contribution in [2.75, 3.05) is 25.1 Å². The number of methoxy groups -OCH3 is 1. The number of carboxylic acids is 2. The molecule has 2 aromatic carbocycles. The van der Waals surface area contributed by atoms with Gasteiger partial charge in [0.2, 0.25) is 0 Å². The van der Waals surface area contributed by atoms with Crippen molar-refractivity contribution < 1.29 is 34.2 Å². The van der Waals surface area contributed by atoms with Crippen LogP contribution >= 0.6 is 0 Å². The summed E-state index contributed by atoms with van der Waals surface area (Å²) in [6.45, 7) is -0.902. The molecule has 0 saturated heterocycles. The first-order valence-corrected chi connectivity index (χ1v) is 8.82. The topological polar surface area (TPSA) is 126 Å². The number of hydrogen-bond acceptors (Lipinski definition) is 7. The van der Waals surface area contributed by atoms with Gasteiger partial charge in [0.25, 0.3) is 0 Å². The van der Waals surface area contributed by atoms with E-state index >= 15 is 0 Å². The molecule has 1 heterocycles. The number of oxime groups is 1. The lowest BCUT2D eigenvalue weighted by Gasteiger charge is -2.20. The number of anilines is 1. The number of rotatable bonds is 8. The van der Waals surface area contributed by atoms with Crippen molar-refractivity contribution in [3.63, 3.8) is 0 Å². The molecule has 1 aliphatic heterocycles. The Bertz CT molecular complexity index is 1010. The highest BCUT2D eigenvalue weighted by Gasteiger charge is 2.26. The Hall–Kier alpha value is -4.14. The van der Waals surface area contributed by atoms with E-state index in [-0.39, 0.29) is 5.57 Å². The molecule has 0 atom stereocenters. The van der Waals surface area contributed by atoms with E-state index in [4.69, 9.17) is 19.8 Å². The first-order valence-electron chi connectivity index (χ1n) is 8.82. The van der Waals surface area contributed by atoms with Crippen LogP contribution in [0.5, 0.6) is 5.75 Å². The second-order valence-corrected chi connectivity index (χ2v) is 6.34. The fourth-order valence-corrected chi connectivity index (χ4v) is 2.88. The number of benzene rings is 2. The van der Waals surface area contributed by atoms with Crippen LogP contribution in [0.15, 0.2) is 59.3 Å². The van der Waals surface area contributed by atoms with Crippen LogP contribution in [0.4, 0.5) is 5.69 Å². The summed E-state index contributed by atoms with van der Waals surface area (Å²) < 4.78 is 5.12. The number of ether oxygens (including phenoxy) is 1. The predicted molar refractivity (Wildman–Crippen MR) is 108 cm³/mol. The second-order valence-electron chi connectivity index (χ2n) is 6.34. The molecule has 0 bridgehead atoms. The molecule has 154 valence electrons. The molecular formula is C21H18N2O7. The zero-order valence-corrected chi connectivity index (χ0v) is 15.9. The number of carbonyl (C=O) groups excluding carboxylic acids is 1. The molecular weight excluding hydrogens is 392 g/mol. The minimum atomic E-state index is -1.14. The summed E-state index contributed by atoms with van der Waals surface area (Å²) in [5.41, 5.74) is 2.39. The first-order chi connectivity index (χ1) is 14.4. The molecule has 3 rings (SSSR count). The molecule has 0 fully saturated rings. The van der Waals surface area contributed by atoms with Gasteiger partial charge in [-0.25, -0.2) is 4.79 Å². The summed E-state index contributed by atoms with van der Waals surface area (Å²) in [5, 5.41) is 21.8. The molecule has 0 aliphatic carbocycles. The van der Waals surface area contributed by atoms with Gasteiger partial charge in [-0.3, -0.25) is 9.59 Å². The molecule has 0 aromatic heterocycles. The van der Waals surface area contributed by atoms with Crippen molar-refractivity contribution in [1.82, 2.24) is 0 Å². The average Bonchev–Trinajstić information content (AvgIpc) is 3.08. The van der Waals surface area contributed by atoms with E-state index in [0.717, 1.165) is 0 Å². The van der Waals surface area contributed by atoms with Crippen molar-refractivity contribution in [2.45, 2.75) is 0 Å². The van der Waals surface area contributed by atoms with E-state index in [1.807, 2.05) is 0 Å². The SMILES string of the molecule is COc1ccc(C2=NOC(=O)C2=Cc2ccc(N(CC(=O)O)CC(=O)O)cc2)cc1. The van der Waals surface area contributed by atoms with Crippen molar-refractivity contribution in [3.05, 3.63) is 65.2 Å². The third-order valence-electron chi connectivity index (χ3n) is 4.28. The number of carboxylic acid groups (broad SMARTS) is 2. The standard InChI is InChI=1S/C21H18N2O7/c1-29-16-8-4-14(5-9-16)20-17(21(28)30-22-20)10-13-2-6-15(7-3-13)23(11-18(24)25)12-19(26)27/h2-10H,11-12H2,1H3,(H,24,25)(H,26,27). The minimum absolute atomic E-state index is 0.265. The monoisotopic (exact) mass is 410 g/mol. The van der Waals surface area contributed by atoms with E-state index in [1.54, 1.807) is 61.7 Å². The van der Waals surface area contributed by atoms with Gasteiger partial charge in [-0.15, -0.1) is 0 Å². The van der Waals surface area contributed by atoms with Crippen LogP contribution < -0.4 is 9.64 Å². The summed E-state index contributed by atoms with van der Waals surface area (Å²) >= 11 is 0. The van der Waals surface area contributed by atoms with Crippen LogP contribution in [0.25, 0.3) is 6.08 Å². The van der Waals surface area contributed by atoms with Crippen LogP contribution in [0, 0.1) is 0 Å². The molecule has 1 aliphatic rings. The maximum Gasteiger partial charge on any atom is 0.368 e. The summed E-state index contributed by atoms with van der Waals surface area (Å²) in [5.74, 6) is -2.21. The van der Waals surface area contributed by atoms with E-state index in [2.05, 4.69) is 5.16 Å². The Morgan fingerprint density at radius 2 is 1.63 bits per heavy atom. The highest BCUT2D eigenvalue weighted by atomic mass is 16.7.